The lowest BCUT2D eigenvalue weighted by Crippen LogP contribution is -2.49. The minimum atomic E-state index is -2.84. The van der Waals surface area contributed by atoms with Crippen LogP contribution in [0.15, 0.2) is 79.0 Å². The van der Waals surface area contributed by atoms with Crippen LogP contribution in [0.5, 0.6) is 5.75 Å². The fraction of sp³-hybridized carbons (Fsp3) is 0.359. The minimum Gasteiger partial charge on any atom is -0.490 e. The van der Waals surface area contributed by atoms with Crippen LogP contribution in [0.3, 0.4) is 0 Å². The molecular formula is C39H44F2N8O4. The van der Waals surface area contributed by atoms with Gasteiger partial charge in [0.05, 0.1) is 5.69 Å². The summed E-state index contributed by atoms with van der Waals surface area (Å²) in [6.07, 6.45) is -0.325. The lowest BCUT2D eigenvalue weighted by molar-refractivity contribution is -0.120. The van der Waals surface area contributed by atoms with E-state index in [1.807, 2.05) is 49.9 Å². The van der Waals surface area contributed by atoms with E-state index < -0.39 is 23.7 Å². The molecule has 2 saturated heterocycles. The molecule has 0 spiro atoms. The molecule has 0 radical (unpaired) electrons. The van der Waals surface area contributed by atoms with Crippen molar-refractivity contribution in [1.82, 2.24) is 20.2 Å². The number of imide groups is 1. The predicted molar refractivity (Wildman–Crippen MR) is 200 cm³/mol. The summed E-state index contributed by atoms with van der Waals surface area (Å²) in [6.45, 7) is 8.76. The maximum Gasteiger partial charge on any atom is 0.328 e. The van der Waals surface area contributed by atoms with E-state index in [1.54, 1.807) is 53.6 Å². The van der Waals surface area contributed by atoms with E-state index in [4.69, 9.17) is 10.5 Å². The molecule has 2 aromatic heterocycles. The first-order valence-electron chi connectivity index (χ1n) is 17.6. The summed E-state index contributed by atoms with van der Waals surface area (Å²) < 4.78 is 33.8. The summed E-state index contributed by atoms with van der Waals surface area (Å²) in [5, 5.41) is 5.55. The molecule has 6 rings (SSSR count). The third-order valence-electron chi connectivity index (χ3n) is 9.13. The first-order valence-corrected chi connectivity index (χ1v) is 17.6. The van der Waals surface area contributed by atoms with Gasteiger partial charge in [-0.05, 0) is 92.1 Å². The molecule has 0 saturated carbocycles. The number of nitrogens with two attached hydrogens (primary N) is 1. The van der Waals surface area contributed by atoms with Gasteiger partial charge in [-0.2, -0.15) is 0 Å². The molecule has 0 unspecified atom stereocenters. The number of pyridine rings is 2. The number of aromatic nitrogens is 2. The number of nitrogens with one attached hydrogen (secondary N) is 2. The number of urea groups is 1. The zero-order valence-electron chi connectivity index (χ0n) is 30.0. The molecule has 4 amide bonds. The number of hydrogen-bond donors (Lipinski definition) is 3. The smallest absolute Gasteiger partial charge is 0.328 e. The lowest BCUT2D eigenvalue weighted by Gasteiger charge is -2.36. The number of nitrogens with zero attached hydrogens (tertiary/aromatic N) is 5. The molecule has 2 fully saturated rings. The number of carbonyl (C=O) groups is 3. The van der Waals surface area contributed by atoms with Crippen molar-refractivity contribution in [3.05, 3.63) is 90.3 Å². The van der Waals surface area contributed by atoms with Crippen molar-refractivity contribution in [3.8, 4) is 17.0 Å². The Bertz CT molecular complexity index is 1930. The highest BCUT2D eigenvalue weighted by molar-refractivity contribution is 6.05. The Morgan fingerprint density at radius 1 is 0.962 bits per heavy atom. The molecule has 12 nitrogen and oxygen atoms in total. The molecule has 53 heavy (non-hydrogen) atoms. The van der Waals surface area contributed by atoms with Crippen LogP contribution in [0.4, 0.5) is 36.5 Å². The Labute approximate surface area is 307 Å². The normalized spacial score (nSPS) is 16.1. The van der Waals surface area contributed by atoms with Crippen molar-refractivity contribution < 1.29 is 27.9 Å². The topological polar surface area (TPSA) is 146 Å². The zero-order valence-corrected chi connectivity index (χ0v) is 30.0. The molecule has 278 valence electrons. The Morgan fingerprint density at radius 3 is 2.32 bits per heavy atom. The van der Waals surface area contributed by atoms with Gasteiger partial charge in [0, 0.05) is 79.1 Å². The van der Waals surface area contributed by atoms with Gasteiger partial charge >= 0.3 is 6.03 Å². The van der Waals surface area contributed by atoms with E-state index in [2.05, 4.69) is 25.5 Å². The van der Waals surface area contributed by atoms with E-state index in [0.29, 0.717) is 73.4 Å². The second-order valence-corrected chi connectivity index (χ2v) is 14.1. The predicted octanol–water partition coefficient (Wildman–Crippen LogP) is 6.38. The largest absolute Gasteiger partial charge is 0.490 e. The third kappa shape index (κ3) is 9.24. The molecule has 0 bridgehead atoms. The molecule has 4 N–H and O–H groups in total. The average Bonchev–Trinajstić information content (AvgIpc) is 3.14. The maximum absolute atomic E-state index is 14.1. The number of halogens is 2. The van der Waals surface area contributed by atoms with E-state index in [0.717, 1.165) is 11.4 Å². The second kappa shape index (κ2) is 15.9. The molecule has 14 heteroatoms. The fourth-order valence-electron chi connectivity index (χ4n) is 6.64. The number of alkyl halides is 2. The highest BCUT2D eigenvalue weighted by Crippen LogP contribution is 2.32. The van der Waals surface area contributed by atoms with Gasteiger partial charge in [-0.1, -0.05) is 13.8 Å². The number of amides is 4. The Kier molecular flexibility index (Phi) is 11.2. The van der Waals surface area contributed by atoms with E-state index in [9.17, 15) is 23.2 Å². The number of hydrogen-bond acceptors (Lipinski definition) is 9. The van der Waals surface area contributed by atoms with Gasteiger partial charge in [-0.15, -0.1) is 0 Å². The summed E-state index contributed by atoms with van der Waals surface area (Å²) in [6, 6.07) is 20.8. The lowest BCUT2D eigenvalue weighted by atomic mass is 9.93. The number of ether oxygens (including phenoxy) is 1. The molecular weight excluding hydrogens is 682 g/mol. The first kappa shape index (κ1) is 37.1. The SMILES string of the molecule is CC(C)C[C@](C)(N)COc1ccc(-c2ccnc(Nc3ccc(C(=O)N4CCN(c5ccc(N6CCC(=O)NC6=O)cc5)CC4)cc3)c2)nc1C(F)F. The monoisotopic (exact) mass is 726 g/mol. The summed E-state index contributed by atoms with van der Waals surface area (Å²) in [7, 11) is 0. The molecule has 0 aliphatic carbocycles. The number of anilines is 4. The van der Waals surface area contributed by atoms with Gasteiger partial charge in [0.15, 0.2) is 0 Å². The Morgan fingerprint density at radius 2 is 1.66 bits per heavy atom. The van der Waals surface area contributed by atoms with E-state index >= 15 is 0 Å². The zero-order chi connectivity index (χ0) is 37.7. The number of benzene rings is 2. The van der Waals surface area contributed by atoms with E-state index in [-0.39, 0.29) is 30.6 Å². The van der Waals surface area contributed by atoms with Crippen LogP contribution in [0.2, 0.25) is 0 Å². The summed E-state index contributed by atoms with van der Waals surface area (Å²) in [4.78, 5) is 51.2. The van der Waals surface area contributed by atoms with Crippen LogP contribution in [-0.4, -0.2) is 77.6 Å². The van der Waals surface area contributed by atoms with Crippen molar-refractivity contribution in [1.29, 1.82) is 0 Å². The maximum atomic E-state index is 14.1. The van der Waals surface area contributed by atoms with E-state index in [1.165, 1.54) is 6.07 Å². The van der Waals surface area contributed by atoms with Crippen molar-refractivity contribution in [2.75, 3.05) is 54.4 Å². The van der Waals surface area contributed by atoms with Crippen LogP contribution in [0.25, 0.3) is 11.3 Å². The van der Waals surface area contributed by atoms with Crippen LogP contribution < -0.4 is 30.9 Å². The van der Waals surface area contributed by atoms with Crippen molar-refractivity contribution >= 4 is 40.7 Å². The average molecular weight is 727 g/mol. The number of carbonyl (C=O) groups excluding carboxylic acids is 3. The number of rotatable bonds is 12. The second-order valence-electron chi connectivity index (χ2n) is 14.1. The highest BCUT2D eigenvalue weighted by atomic mass is 19.3. The standard InChI is InChI=1S/C39H44F2N8O4/c1-25(2)23-39(3,42)24-53-32-13-12-31(45-35(32)36(40)41)27-14-16-43-33(22-27)44-28-6-4-26(5-7-28)37(51)48-20-18-47(19-21-48)29-8-10-30(11-9-29)49-17-15-34(50)46-38(49)52/h4-14,16,22,25,36H,15,17-21,23-24,42H2,1-3H3,(H,43,44)(H,46,50,52)/t39-/m0/s1. The summed E-state index contributed by atoms with van der Waals surface area (Å²) in [5.41, 5.74) is 9.10. The van der Waals surface area contributed by atoms with Gasteiger partial charge in [-0.25, -0.2) is 23.5 Å². The third-order valence-corrected chi connectivity index (χ3v) is 9.13. The molecule has 2 aromatic carbocycles. The van der Waals surface area contributed by atoms with Crippen molar-refractivity contribution in [2.45, 2.75) is 45.6 Å². The van der Waals surface area contributed by atoms with Crippen molar-refractivity contribution in [2.24, 2.45) is 11.7 Å². The van der Waals surface area contributed by atoms with Crippen LogP contribution in [-0.2, 0) is 4.79 Å². The van der Waals surface area contributed by atoms with Gasteiger partial charge < -0.3 is 25.6 Å². The van der Waals surface area contributed by atoms with Gasteiger partial charge in [0.1, 0.15) is 23.9 Å². The summed E-state index contributed by atoms with van der Waals surface area (Å²) in [5.74, 6) is 0.479. The fourth-order valence-corrected chi connectivity index (χ4v) is 6.64. The number of piperazine rings is 1. The molecule has 4 heterocycles. The minimum absolute atomic E-state index is 0.00457. The van der Waals surface area contributed by atoms with Crippen LogP contribution >= 0.6 is 0 Å². The Hall–Kier alpha value is -5.63. The van der Waals surface area contributed by atoms with Gasteiger partial charge in [0.25, 0.3) is 12.3 Å². The quantitative estimate of drug-likeness (QED) is 0.152. The van der Waals surface area contributed by atoms with Crippen LogP contribution in [0.1, 0.15) is 56.1 Å². The molecule has 4 aromatic rings. The molecule has 2 aliphatic rings. The van der Waals surface area contributed by atoms with Crippen molar-refractivity contribution in [3.63, 3.8) is 0 Å². The Balaban J connectivity index is 1.03. The molecule has 1 atom stereocenters. The van der Waals surface area contributed by atoms with Gasteiger partial charge in [-0.3, -0.25) is 19.8 Å². The summed E-state index contributed by atoms with van der Waals surface area (Å²) >= 11 is 0. The van der Waals surface area contributed by atoms with Crippen LogP contribution in [0, 0.1) is 5.92 Å². The van der Waals surface area contributed by atoms with Gasteiger partial charge in [0.2, 0.25) is 5.91 Å². The highest BCUT2D eigenvalue weighted by Gasteiger charge is 2.27. The first-order chi connectivity index (χ1) is 25.3. The molecule has 2 aliphatic heterocycles.